The van der Waals surface area contributed by atoms with Gasteiger partial charge in [-0.1, -0.05) is 23.7 Å². The number of hydrogen-bond donors (Lipinski definition) is 3. The second kappa shape index (κ2) is 7.97. The van der Waals surface area contributed by atoms with Crippen molar-refractivity contribution in [2.24, 2.45) is 0 Å². The summed E-state index contributed by atoms with van der Waals surface area (Å²) in [6, 6.07) is 5.91. The number of carboxylic acids is 1. The van der Waals surface area contributed by atoms with Gasteiger partial charge in [0.2, 0.25) is 0 Å². The van der Waals surface area contributed by atoms with Gasteiger partial charge in [-0.05, 0) is 42.5 Å². The molecule has 0 radical (unpaired) electrons. The fraction of sp³-hybridized carbons (Fsp3) is 0.550. The fourth-order valence-corrected chi connectivity index (χ4v) is 6.37. The lowest BCUT2D eigenvalue weighted by Gasteiger charge is -2.34. The van der Waals surface area contributed by atoms with Crippen molar-refractivity contribution in [1.82, 2.24) is 0 Å². The predicted molar refractivity (Wildman–Crippen MR) is 105 cm³/mol. The summed E-state index contributed by atoms with van der Waals surface area (Å²) in [5.74, 6) is -2.20. The maximum Gasteiger partial charge on any atom is 0.332 e. The van der Waals surface area contributed by atoms with Crippen LogP contribution >= 0.6 is 23.4 Å². The van der Waals surface area contributed by atoms with Crippen LogP contribution in [0.2, 0.25) is 5.02 Å². The Bertz CT molecular complexity index is 785. The summed E-state index contributed by atoms with van der Waals surface area (Å²) in [6.07, 6.45) is 3.11. The van der Waals surface area contributed by atoms with Gasteiger partial charge < -0.3 is 24.8 Å². The molecule has 1 aliphatic heterocycles. The molecule has 1 aromatic rings. The van der Waals surface area contributed by atoms with Crippen molar-refractivity contribution in [2.45, 2.75) is 54.2 Å². The third kappa shape index (κ3) is 3.60. The number of aryl methyl sites for hydroxylation is 1. The van der Waals surface area contributed by atoms with Gasteiger partial charge in [-0.15, -0.1) is 11.8 Å². The summed E-state index contributed by atoms with van der Waals surface area (Å²) in [4.78, 5) is 12.0. The van der Waals surface area contributed by atoms with Crippen molar-refractivity contribution in [3.63, 3.8) is 0 Å². The molecule has 1 spiro atoms. The number of aliphatic hydroxyl groups is 2. The third-order valence-electron chi connectivity index (χ3n) is 5.67. The Morgan fingerprint density at radius 1 is 1.18 bits per heavy atom. The van der Waals surface area contributed by atoms with Crippen molar-refractivity contribution < 1.29 is 29.6 Å². The van der Waals surface area contributed by atoms with E-state index in [0.717, 1.165) is 23.4 Å². The molecule has 0 aromatic heterocycles. The molecule has 0 amide bonds. The van der Waals surface area contributed by atoms with Crippen LogP contribution in [0, 0.1) is 0 Å². The number of benzene rings is 1. The predicted octanol–water partition coefficient (Wildman–Crippen LogP) is 2.70. The Morgan fingerprint density at radius 3 is 2.54 bits per heavy atom. The van der Waals surface area contributed by atoms with Crippen molar-refractivity contribution >= 4 is 29.3 Å². The highest BCUT2D eigenvalue weighted by molar-refractivity contribution is 8.00. The third-order valence-corrected chi connectivity index (χ3v) is 7.62. The number of ether oxygens (including phenoxy) is 2. The number of aliphatic hydroxyl groups excluding tert-OH is 2. The second-order valence-electron chi connectivity index (χ2n) is 7.40. The number of thioether (sulfide) groups is 1. The zero-order valence-corrected chi connectivity index (χ0v) is 16.8. The van der Waals surface area contributed by atoms with E-state index in [9.17, 15) is 20.1 Å². The van der Waals surface area contributed by atoms with E-state index in [-0.39, 0.29) is 29.3 Å². The largest absolute Gasteiger partial charge is 0.478 e. The summed E-state index contributed by atoms with van der Waals surface area (Å²) in [5, 5.41) is 29.4. The van der Waals surface area contributed by atoms with Crippen LogP contribution in [0.5, 0.6) is 0 Å². The van der Waals surface area contributed by atoms with Crippen molar-refractivity contribution in [1.29, 1.82) is 0 Å². The average Bonchev–Trinajstić information content (AvgIpc) is 3.25. The summed E-state index contributed by atoms with van der Waals surface area (Å²) in [7, 11) is 0. The molecule has 28 heavy (non-hydrogen) atoms. The molecule has 0 saturated carbocycles. The van der Waals surface area contributed by atoms with E-state index in [1.807, 2.05) is 12.1 Å². The minimum absolute atomic E-state index is 0.159. The number of carboxylic acid groups (broad SMARTS) is 1. The summed E-state index contributed by atoms with van der Waals surface area (Å²) in [5.41, 5.74) is 2.59. The second-order valence-corrected chi connectivity index (χ2v) is 9.22. The monoisotopic (exact) mass is 426 g/mol. The zero-order valence-electron chi connectivity index (χ0n) is 15.2. The van der Waals surface area contributed by atoms with E-state index in [1.54, 1.807) is 11.8 Å². The molecule has 1 fully saturated rings. The minimum Gasteiger partial charge on any atom is -0.478 e. The van der Waals surface area contributed by atoms with Crippen LogP contribution in [-0.4, -0.2) is 57.7 Å². The highest BCUT2D eigenvalue weighted by Crippen LogP contribution is 2.50. The van der Waals surface area contributed by atoms with Crippen LogP contribution in [0.4, 0.5) is 0 Å². The van der Waals surface area contributed by atoms with Gasteiger partial charge in [0.05, 0.1) is 18.8 Å². The maximum atomic E-state index is 12.0. The van der Waals surface area contributed by atoms with Crippen molar-refractivity contribution in [3.05, 3.63) is 46.0 Å². The smallest absolute Gasteiger partial charge is 0.332 e. The maximum absolute atomic E-state index is 12.0. The lowest BCUT2D eigenvalue weighted by atomic mass is 9.94. The summed E-state index contributed by atoms with van der Waals surface area (Å²) >= 11 is 8.05. The molecule has 6 nitrogen and oxygen atoms in total. The normalized spacial score (nSPS) is 31.0. The Morgan fingerprint density at radius 2 is 1.89 bits per heavy atom. The highest BCUT2D eigenvalue weighted by Gasteiger charge is 2.49. The Kier molecular flexibility index (Phi) is 5.75. The lowest BCUT2D eigenvalue weighted by molar-refractivity contribution is -0.153. The summed E-state index contributed by atoms with van der Waals surface area (Å²) in [6.45, 7) is -0.586. The lowest BCUT2D eigenvalue weighted by Crippen LogP contribution is -2.37. The molecule has 2 unspecified atom stereocenters. The van der Waals surface area contributed by atoms with Crippen LogP contribution < -0.4 is 0 Å². The van der Waals surface area contributed by atoms with Gasteiger partial charge in [-0.25, -0.2) is 4.79 Å². The topological polar surface area (TPSA) is 96.2 Å². The first-order valence-electron chi connectivity index (χ1n) is 9.42. The summed E-state index contributed by atoms with van der Waals surface area (Å²) < 4.78 is 11.6. The standard InChI is InChI=1S/C20H23ClO6S/c21-13-3-1-2-11-4-5-17(18(11)13)28-16-6-7-20(8-12(16)19(24)25)26-14(9-22)15(10-23)27-20/h1-3,8,14-17,22-23H,4-7,9-10H2,(H,24,25)/t14-,15-,16?,17?/m0/s1. The molecule has 3 aliphatic rings. The van der Waals surface area contributed by atoms with Crippen LogP contribution in [0.3, 0.4) is 0 Å². The fourth-order valence-electron chi connectivity index (χ4n) is 4.34. The van der Waals surface area contributed by atoms with Gasteiger partial charge in [0, 0.05) is 21.9 Å². The van der Waals surface area contributed by atoms with E-state index in [4.69, 9.17) is 21.1 Å². The number of rotatable bonds is 5. The highest BCUT2D eigenvalue weighted by atomic mass is 35.5. The van der Waals surface area contributed by atoms with Crippen LogP contribution in [0.1, 0.15) is 35.6 Å². The number of fused-ring (bicyclic) bond motifs is 1. The molecule has 0 bridgehead atoms. The first-order valence-corrected chi connectivity index (χ1v) is 10.7. The first-order chi connectivity index (χ1) is 13.5. The van der Waals surface area contributed by atoms with E-state index in [1.165, 1.54) is 11.6 Å². The quantitative estimate of drug-likeness (QED) is 0.666. The Hall–Kier alpha value is -1.09. The molecule has 8 heteroatoms. The number of aliphatic carboxylic acids is 1. The van der Waals surface area contributed by atoms with Crippen molar-refractivity contribution in [3.8, 4) is 0 Å². The Balaban J connectivity index is 1.57. The number of hydrogen-bond acceptors (Lipinski definition) is 6. The van der Waals surface area contributed by atoms with Crippen LogP contribution in [0.15, 0.2) is 29.8 Å². The van der Waals surface area contributed by atoms with Gasteiger partial charge in [0.1, 0.15) is 12.2 Å². The van der Waals surface area contributed by atoms with E-state index in [0.29, 0.717) is 12.8 Å². The number of carbonyl (C=O) groups is 1. The van der Waals surface area contributed by atoms with Gasteiger partial charge >= 0.3 is 5.97 Å². The number of halogens is 1. The molecular formula is C20H23ClO6S. The molecular weight excluding hydrogens is 404 g/mol. The average molecular weight is 427 g/mol. The van der Waals surface area contributed by atoms with E-state index in [2.05, 4.69) is 6.07 Å². The SMILES string of the molecule is O=C(O)C1=CC2(CCC1SC1CCc3cccc(Cl)c31)O[C@@H](CO)[C@H](CO)O2. The Labute approximate surface area is 172 Å². The van der Waals surface area contributed by atoms with Crippen molar-refractivity contribution in [2.75, 3.05) is 13.2 Å². The van der Waals surface area contributed by atoms with Gasteiger partial charge in [-0.2, -0.15) is 0 Å². The molecule has 1 aromatic carbocycles. The molecule has 2 aliphatic carbocycles. The molecule has 152 valence electrons. The van der Waals surface area contributed by atoms with Crippen LogP contribution in [-0.2, 0) is 20.7 Å². The molecule has 4 rings (SSSR count). The van der Waals surface area contributed by atoms with Gasteiger partial charge in [0.25, 0.3) is 0 Å². The first kappa shape index (κ1) is 20.2. The van der Waals surface area contributed by atoms with Crippen LogP contribution in [0.25, 0.3) is 0 Å². The molecule has 1 saturated heterocycles. The molecule has 4 atom stereocenters. The van der Waals surface area contributed by atoms with Gasteiger partial charge in [-0.3, -0.25) is 0 Å². The molecule has 1 heterocycles. The van der Waals surface area contributed by atoms with E-state index >= 15 is 0 Å². The minimum atomic E-state index is -1.20. The van der Waals surface area contributed by atoms with E-state index < -0.39 is 24.0 Å². The van der Waals surface area contributed by atoms with Gasteiger partial charge in [0.15, 0.2) is 5.79 Å². The zero-order chi connectivity index (χ0) is 19.9. The molecule has 3 N–H and O–H groups in total.